The number of benzene rings is 3. The van der Waals surface area contributed by atoms with Crippen molar-refractivity contribution in [1.29, 1.82) is 0 Å². The van der Waals surface area contributed by atoms with Crippen LogP contribution in [0.3, 0.4) is 0 Å². The third kappa shape index (κ3) is 6.77. The molecule has 0 fully saturated rings. The zero-order valence-electron chi connectivity index (χ0n) is 20.1. The molecule has 1 unspecified atom stereocenters. The number of sulfonamides is 1. The summed E-state index contributed by atoms with van der Waals surface area (Å²) < 4.78 is 34.6. The van der Waals surface area contributed by atoms with Crippen molar-refractivity contribution < 1.29 is 17.9 Å². The summed E-state index contributed by atoms with van der Waals surface area (Å²) in [5.41, 5.74) is 8.51. The predicted octanol–water partition coefficient (Wildman–Crippen LogP) is 4.02. The van der Waals surface area contributed by atoms with Crippen molar-refractivity contribution in [2.75, 3.05) is 10.9 Å². The van der Waals surface area contributed by atoms with Gasteiger partial charge in [0.2, 0.25) is 5.91 Å². The average molecular weight is 529 g/mol. The summed E-state index contributed by atoms with van der Waals surface area (Å²) in [4.78, 5) is 11.6. The van der Waals surface area contributed by atoms with Crippen LogP contribution >= 0.6 is 11.6 Å². The Hall–Kier alpha value is -3.56. The number of carbonyl (C=O) groups excluding carboxylic acids is 1. The number of hydrogen-bond donors (Lipinski definition) is 2. The molecule has 1 atom stereocenters. The van der Waals surface area contributed by atoms with E-state index in [9.17, 15) is 13.2 Å². The highest BCUT2D eigenvalue weighted by molar-refractivity contribution is 7.93. The van der Waals surface area contributed by atoms with Crippen molar-refractivity contribution in [3.8, 4) is 5.75 Å². The van der Waals surface area contributed by atoms with Gasteiger partial charge >= 0.3 is 0 Å². The van der Waals surface area contributed by atoms with Gasteiger partial charge in [-0.3, -0.25) is 9.10 Å². The fourth-order valence-corrected chi connectivity index (χ4v) is 5.98. The molecule has 8 nitrogen and oxygen atoms in total. The lowest BCUT2D eigenvalue weighted by molar-refractivity contribution is -0.118. The Balaban J connectivity index is 1.89. The second-order valence-electron chi connectivity index (χ2n) is 8.37. The lowest BCUT2D eigenvalue weighted by Gasteiger charge is -2.31. The Labute approximate surface area is 216 Å². The molecule has 190 valence electrons. The fraction of sp³-hybridized carbons (Fsp3) is 0.231. The number of ether oxygens (including phenoxy) is 1. The summed E-state index contributed by atoms with van der Waals surface area (Å²) in [6, 6.07) is 18.4. The lowest BCUT2D eigenvalue weighted by Crippen LogP contribution is -2.41. The van der Waals surface area contributed by atoms with E-state index < -0.39 is 22.0 Å². The van der Waals surface area contributed by atoms with Crippen LogP contribution in [0.15, 0.2) is 76.7 Å². The summed E-state index contributed by atoms with van der Waals surface area (Å²) in [5.74, 6) is 5.06. The number of nitrogens with two attached hydrogens (primary N) is 2. The molecule has 1 amide bonds. The van der Waals surface area contributed by atoms with E-state index in [1.165, 1.54) is 16.4 Å². The van der Waals surface area contributed by atoms with Gasteiger partial charge in [0.15, 0.2) is 0 Å². The number of aryl methyl sites for hydroxylation is 1. The molecule has 3 aromatic rings. The van der Waals surface area contributed by atoms with Gasteiger partial charge in [-0.25, -0.2) is 8.42 Å². The van der Waals surface area contributed by atoms with Crippen molar-refractivity contribution in [2.45, 2.75) is 37.6 Å². The lowest BCUT2D eigenvalue weighted by atomic mass is 10.1. The predicted molar refractivity (Wildman–Crippen MR) is 143 cm³/mol. The standard InChI is InChI=1S/C26H29ClN4O4S/c1-18-13-22(16-23(14-18)35-12-11-20-7-9-21(10-8-20)17-30-29)31(19(2)15-26(28)32)36(33,34)25-6-4-3-5-24(25)27/h3-10,13-14,16-17,19H,11-12,15,29H2,1-2H3,(H2,28,32). The van der Waals surface area contributed by atoms with Gasteiger partial charge in [0.1, 0.15) is 10.6 Å². The number of anilines is 1. The zero-order valence-corrected chi connectivity index (χ0v) is 21.7. The van der Waals surface area contributed by atoms with Gasteiger partial charge in [-0.2, -0.15) is 5.10 Å². The number of halogens is 1. The molecule has 0 radical (unpaired) electrons. The summed E-state index contributed by atoms with van der Waals surface area (Å²) in [6.45, 7) is 3.84. The first-order valence-electron chi connectivity index (χ1n) is 11.3. The maximum Gasteiger partial charge on any atom is 0.266 e. The molecule has 0 saturated heterocycles. The smallest absolute Gasteiger partial charge is 0.266 e. The minimum Gasteiger partial charge on any atom is -0.493 e. The maximum atomic E-state index is 13.7. The Morgan fingerprint density at radius 2 is 1.83 bits per heavy atom. The summed E-state index contributed by atoms with van der Waals surface area (Å²) >= 11 is 6.23. The number of hydrazone groups is 1. The summed E-state index contributed by atoms with van der Waals surface area (Å²) in [7, 11) is -4.12. The molecule has 36 heavy (non-hydrogen) atoms. The minimum absolute atomic E-state index is 0.0601. The average Bonchev–Trinajstić information content (AvgIpc) is 2.80. The quantitative estimate of drug-likeness (QED) is 0.221. The molecular weight excluding hydrogens is 500 g/mol. The van der Waals surface area contributed by atoms with Crippen LogP contribution in [0.5, 0.6) is 5.75 Å². The van der Waals surface area contributed by atoms with Crippen LogP contribution in [0, 0.1) is 6.92 Å². The van der Waals surface area contributed by atoms with Crippen LogP contribution in [0.1, 0.15) is 30.0 Å². The van der Waals surface area contributed by atoms with Crippen LogP contribution in [0.2, 0.25) is 5.02 Å². The van der Waals surface area contributed by atoms with E-state index in [0.717, 1.165) is 16.7 Å². The molecule has 0 spiro atoms. The van der Waals surface area contributed by atoms with Crippen molar-refractivity contribution >= 4 is 39.4 Å². The van der Waals surface area contributed by atoms with Crippen LogP contribution in [0.4, 0.5) is 5.69 Å². The molecule has 0 aromatic heterocycles. The van der Waals surface area contributed by atoms with Gasteiger partial charge in [0, 0.05) is 18.9 Å². The Morgan fingerprint density at radius 3 is 2.47 bits per heavy atom. The first-order chi connectivity index (χ1) is 17.1. The largest absolute Gasteiger partial charge is 0.493 e. The minimum atomic E-state index is -4.12. The third-order valence-electron chi connectivity index (χ3n) is 5.42. The van der Waals surface area contributed by atoms with Crippen molar-refractivity contribution in [2.24, 2.45) is 16.7 Å². The molecule has 0 aliphatic rings. The summed E-state index contributed by atoms with van der Waals surface area (Å²) in [6.07, 6.45) is 2.04. The van der Waals surface area contributed by atoms with E-state index in [1.807, 2.05) is 37.3 Å². The summed E-state index contributed by atoms with van der Waals surface area (Å²) in [5, 5.41) is 3.59. The van der Waals surface area contributed by atoms with E-state index in [4.69, 9.17) is 27.9 Å². The number of nitrogens with zero attached hydrogens (tertiary/aromatic N) is 2. The first kappa shape index (κ1) is 27.0. The van der Waals surface area contributed by atoms with Gasteiger partial charge in [-0.1, -0.05) is 48.0 Å². The highest BCUT2D eigenvalue weighted by Gasteiger charge is 2.32. The van der Waals surface area contributed by atoms with Gasteiger partial charge < -0.3 is 16.3 Å². The van der Waals surface area contributed by atoms with Crippen LogP contribution in [0.25, 0.3) is 0 Å². The molecule has 0 aliphatic carbocycles. The second-order valence-corrected chi connectivity index (χ2v) is 10.6. The van der Waals surface area contributed by atoms with Crippen molar-refractivity contribution in [1.82, 2.24) is 0 Å². The Bertz CT molecular complexity index is 1340. The van der Waals surface area contributed by atoms with E-state index in [2.05, 4.69) is 5.10 Å². The van der Waals surface area contributed by atoms with Gasteiger partial charge in [-0.05, 0) is 54.8 Å². The van der Waals surface area contributed by atoms with Crippen LogP contribution in [-0.2, 0) is 21.2 Å². The van der Waals surface area contributed by atoms with E-state index >= 15 is 0 Å². The normalized spacial score (nSPS) is 12.4. The van der Waals surface area contributed by atoms with Crippen LogP contribution < -0.4 is 20.6 Å². The molecule has 0 heterocycles. The zero-order chi connectivity index (χ0) is 26.3. The molecule has 4 N–H and O–H groups in total. The Morgan fingerprint density at radius 1 is 1.14 bits per heavy atom. The maximum absolute atomic E-state index is 13.7. The molecule has 0 saturated carbocycles. The van der Waals surface area contributed by atoms with Crippen LogP contribution in [-0.4, -0.2) is 33.2 Å². The monoisotopic (exact) mass is 528 g/mol. The van der Waals surface area contributed by atoms with Crippen molar-refractivity contribution in [3.63, 3.8) is 0 Å². The van der Waals surface area contributed by atoms with E-state index in [1.54, 1.807) is 37.4 Å². The van der Waals surface area contributed by atoms with Crippen molar-refractivity contribution in [3.05, 3.63) is 88.4 Å². The molecular formula is C26H29ClN4O4S. The highest BCUT2D eigenvalue weighted by atomic mass is 35.5. The SMILES string of the molecule is Cc1cc(OCCc2ccc(C=NN)cc2)cc(N(C(C)CC(N)=O)S(=O)(=O)c2ccccc2Cl)c1. The second kappa shape index (κ2) is 11.9. The number of primary amides is 1. The first-order valence-corrected chi connectivity index (χ1v) is 13.1. The number of rotatable bonds is 11. The van der Waals surface area contributed by atoms with E-state index in [-0.39, 0.29) is 16.3 Å². The Kier molecular flexibility index (Phi) is 8.95. The molecule has 3 aromatic carbocycles. The molecule has 0 aliphatic heterocycles. The van der Waals surface area contributed by atoms with Gasteiger partial charge in [0.05, 0.1) is 29.6 Å². The van der Waals surface area contributed by atoms with E-state index in [0.29, 0.717) is 24.5 Å². The molecule has 0 bridgehead atoms. The van der Waals surface area contributed by atoms with Gasteiger partial charge in [0.25, 0.3) is 10.0 Å². The number of carbonyl (C=O) groups is 1. The molecule has 10 heteroatoms. The van der Waals surface area contributed by atoms with Gasteiger partial charge in [-0.15, -0.1) is 0 Å². The third-order valence-corrected chi connectivity index (χ3v) is 7.87. The number of hydrogen-bond acceptors (Lipinski definition) is 6. The molecule has 3 rings (SSSR count). The topological polar surface area (TPSA) is 128 Å². The highest BCUT2D eigenvalue weighted by Crippen LogP contribution is 2.33. The number of amides is 1. The fourth-order valence-electron chi connectivity index (χ4n) is 3.85.